The number of rotatable bonds is 2. The van der Waals surface area contributed by atoms with E-state index in [1.165, 1.54) is 18.3 Å². The summed E-state index contributed by atoms with van der Waals surface area (Å²) in [7, 11) is 0. The van der Waals surface area contributed by atoms with Gasteiger partial charge in [0.25, 0.3) is 0 Å². The van der Waals surface area contributed by atoms with Crippen molar-refractivity contribution in [2.24, 2.45) is 0 Å². The van der Waals surface area contributed by atoms with Crippen molar-refractivity contribution in [3.63, 3.8) is 0 Å². The number of carboxylic acid groups (broad SMARTS) is 1. The van der Waals surface area contributed by atoms with E-state index in [1.54, 1.807) is 12.1 Å². The Balaban J connectivity index is 2.61. The first-order valence-electron chi connectivity index (χ1n) is 5.14. The summed E-state index contributed by atoms with van der Waals surface area (Å²) < 4.78 is 13.7. The van der Waals surface area contributed by atoms with E-state index >= 15 is 0 Å². The fraction of sp³-hybridized carbons (Fsp3) is 0.0769. The number of carboxylic acids is 1. The molecule has 1 aromatic carbocycles. The van der Waals surface area contributed by atoms with Crippen LogP contribution < -0.4 is 0 Å². The van der Waals surface area contributed by atoms with E-state index in [0.29, 0.717) is 11.1 Å². The van der Waals surface area contributed by atoms with Gasteiger partial charge in [-0.2, -0.15) is 0 Å². The molecule has 0 bridgehead atoms. The van der Waals surface area contributed by atoms with Crippen LogP contribution in [-0.4, -0.2) is 16.1 Å². The Labute approximate surface area is 108 Å². The number of hydrogen-bond acceptors (Lipinski definition) is 2. The predicted molar refractivity (Wildman–Crippen MR) is 66.3 cm³/mol. The smallest absolute Gasteiger partial charge is 0.338 e. The summed E-state index contributed by atoms with van der Waals surface area (Å²) in [5.41, 5.74) is 1.42. The first-order chi connectivity index (χ1) is 8.49. The van der Waals surface area contributed by atoms with Crippen LogP contribution in [0.15, 0.2) is 30.5 Å². The highest BCUT2D eigenvalue weighted by Crippen LogP contribution is 2.26. The van der Waals surface area contributed by atoms with Crippen LogP contribution in [-0.2, 0) is 0 Å². The van der Waals surface area contributed by atoms with Gasteiger partial charge in [-0.3, -0.25) is 0 Å². The van der Waals surface area contributed by atoms with Gasteiger partial charge in [0.05, 0.1) is 5.56 Å². The molecule has 0 aliphatic rings. The molecule has 0 aliphatic heterocycles. The van der Waals surface area contributed by atoms with Crippen molar-refractivity contribution in [1.82, 2.24) is 4.98 Å². The number of halogens is 2. The molecule has 0 amide bonds. The van der Waals surface area contributed by atoms with E-state index in [-0.39, 0.29) is 10.7 Å². The molecule has 1 aromatic heterocycles. The molecule has 5 heteroatoms. The van der Waals surface area contributed by atoms with Crippen LogP contribution >= 0.6 is 11.6 Å². The summed E-state index contributed by atoms with van der Waals surface area (Å²) in [6, 6.07) is 5.92. The SMILES string of the molecule is Cc1ccc(F)c(-c2cnc(Cl)c(C(=O)O)c2)c1. The average molecular weight is 266 g/mol. The van der Waals surface area contributed by atoms with Crippen LogP contribution in [0.3, 0.4) is 0 Å². The van der Waals surface area contributed by atoms with E-state index in [1.807, 2.05) is 6.92 Å². The highest BCUT2D eigenvalue weighted by atomic mass is 35.5. The van der Waals surface area contributed by atoms with E-state index < -0.39 is 11.8 Å². The third-order valence-corrected chi connectivity index (χ3v) is 2.80. The minimum absolute atomic E-state index is 0.112. The van der Waals surface area contributed by atoms with Crippen molar-refractivity contribution in [1.29, 1.82) is 0 Å². The summed E-state index contributed by atoms with van der Waals surface area (Å²) in [5, 5.41) is 8.83. The van der Waals surface area contributed by atoms with Crippen molar-refractivity contribution >= 4 is 17.6 Å². The Bertz CT molecular complexity index is 628. The third-order valence-electron chi connectivity index (χ3n) is 2.50. The molecule has 0 saturated carbocycles. The van der Waals surface area contributed by atoms with Crippen molar-refractivity contribution in [3.8, 4) is 11.1 Å². The Morgan fingerprint density at radius 1 is 1.39 bits per heavy atom. The van der Waals surface area contributed by atoms with Gasteiger partial charge < -0.3 is 5.11 Å². The van der Waals surface area contributed by atoms with Gasteiger partial charge in [0.1, 0.15) is 11.0 Å². The highest BCUT2D eigenvalue weighted by molar-refractivity contribution is 6.32. The quantitative estimate of drug-likeness (QED) is 0.845. The molecule has 0 radical (unpaired) electrons. The van der Waals surface area contributed by atoms with E-state index in [2.05, 4.69) is 4.98 Å². The minimum atomic E-state index is -1.19. The largest absolute Gasteiger partial charge is 0.478 e. The van der Waals surface area contributed by atoms with E-state index in [4.69, 9.17) is 16.7 Å². The lowest BCUT2D eigenvalue weighted by Gasteiger charge is -2.06. The fourth-order valence-electron chi connectivity index (χ4n) is 1.61. The van der Waals surface area contributed by atoms with Gasteiger partial charge in [-0.15, -0.1) is 0 Å². The Morgan fingerprint density at radius 3 is 2.78 bits per heavy atom. The monoisotopic (exact) mass is 265 g/mol. The van der Waals surface area contributed by atoms with Crippen LogP contribution in [0.4, 0.5) is 4.39 Å². The molecule has 0 saturated heterocycles. The van der Waals surface area contributed by atoms with Gasteiger partial charge in [-0.1, -0.05) is 23.2 Å². The Kier molecular flexibility index (Phi) is 3.30. The molecular weight excluding hydrogens is 257 g/mol. The molecule has 1 heterocycles. The molecule has 92 valence electrons. The van der Waals surface area contributed by atoms with Crippen molar-refractivity contribution in [3.05, 3.63) is 52.6 Å². The van der Waals surface area contributed by atoms with Gasteiger partial charge >= 0.3 is 5.97 Å². The summed E-state index contributed by atoms with van der Waals surface area (Å²) >= 11 is 5.66. The van der Waals surface area contributed by atoms with Gasteiger partial charge in [0.15, 0.2) is 0 Å². The van der Waals surface area contributed by atoms with Gasteiger partial charge in [0, 0.05) is 17.3 Å². The van der Waals surface area contributed by atoms with Crippen LogP contribution in [0.5, 0.6) is 0 Å². The van der Waals surface area contributed by atoms with Gasteiger partial charge in [-0.25, -0.2) is 14.2 Å². The number of pyridine rings is 1. The van der Waals surface area contributed by atoms with Gasteiger partial charge in [-0.05, 0) is 25.1 Å². The Hall–Kier alpha value is -1.94. The molecule has 2 aromatic rings. The predicted octanol–water partition coefficient (Wildman–Crippen LogP) is 3.55. The number of carbonyl (C=O) groups is 1. The number of aromatic nitrogens is 1. The number of nitrogens with zero attached hydrogens (tertiary/aromatic N) is 1. The topological polar surface area (TPSA) is 50.2 Å². The number of aromatic carboxylic acids is 1. The number of hydrogen-bond donors (Lipinski definition) is 1. The van der Waals surface area contributed by atoms with Crippen LogP contribution in [0.2, 0.25) is 5.15 Å². The lowest BCUT2D eigenvalue weighted by atomic mass is 10.0. The summed E-state index contributed by atoms with van der Waals surface area (Å²) in [5.74, 6) is -1.62. The Morgan fingerprint density at radius 2 is 2.11 bits per heavy atom. The first-order valence-corrected chi connectivity index (χ1v) is 5.52. The van der Waals surface area contributed by atoms with Crippen molar-refractivity contribution in [2.75, 3.05) is 0 Å². The lowest BCUT2D eigenvalue weighted by Crippen LogP contribution is -2.00. The maximum absolute atomic E-state index is 13.7. The second-order valence-corrected chi connectivity index (χ2v) is 4.21. The molecular formula is C13H9ClFNO2. The van der Waals surface area contributed by atoms with E-state index in [9.17, 15) is 9.18 Å². The van der Waals surface area contributed by atoms with Crippen LogP contribution in [0.25, 0.3) is 11.1 Å². The second kappa shape index (κ2) is 4.74. The highest BCUT2D eigenvalue weighted by Gasteiger charge is 2.13. The number of aryl methyl sites for hydroxylation is 1. The molecule has 0 fully saturated rings. The zero-order valence-electron chi connectivity index (χ0n) is 9.45. The zero-order valence-corrected chi connectivity index (χ0v) is 10.2. The molecule has 0 atom stereocenters. The number of benzene rings is 1. The molecule has 3 nitrogen and oxygen atoms in total. The van der Waals surface area contributed by atoms with E-state index in [0.717, 1.165) is 5.56 Å². The average Bonchev–Trinajstić information content (AvgIpc) is 2.33. The third kappa shape index (κ3) is 2.33. The second-order valence-electron chi connectivity index (χ2n) is 3.85. The zero-order chi connectivity index (χ0) is 13.3. The standard InChI is InChI=1S/C13H9ClFNO2/c1-7-2-3-11(15)9(4-7)8-5-10(13(17)18)12(14)16-6-8/h2-6H,1H3,(H,17,18). The fourth-order valence-corrected chi connectivity index (χ4v) is 1.79. The maximum atomic E-state index is 13.7. The molecule has 2 rings (SSSR count). The summed E-state index contributed by atoms with van der Waals surface area (Å²) in [6.45, 7) is 1.82. The van der Waals surface area contributed by atoms with Crippen molar-refractivity contribution < 1.29 is 14.3 Å². The van der Waals surface area contributed by atoms with Crippen LogP contribution in [0, 0.1) is 12.7 Å². The normalized spacial score (nSPS) is 10.4. The minimum Gasteiger partial charge on any atom is -0.478 e. The molecule has 0 aliphatic carbocycles. The summed E-state index contributed by atoms with van der Waals surface area (Å²) in [4.78, 5) is 14.7. The first kappa shape index (κ1) is 12.5. The van der Waals surface area contributed by atoms with Gasteiger partial charge in [0.2, 0.25) is 0 Å². The molecule has 0 spiro atoms. The maximum Gasteiger partial charge on any atom is 0.338 e. The molecule has 0 unspecified atom stereocenters. The lowest BCUT2D eigenvalue weighted by molar-refractivity contribution is 0.0696. The molecule has 18 heavy (non-hydrogen) atoms. The van der Waals surface area contributed by atoms with Crippen LogP contribution in [0.1, 0.15) is 15.9 Å². The van der Waals surface area contributed by atoms with Crippen molar-refractivity contribution in [2.45, 2.75) is 6.92 Å². The molecule has 1 N–H and O–H groups in total. The summed E-state index contributed by atoms with van der Waals surface area (Å²) in [6.07, 6.45) is 1.35.